The maximum Gasteiger partial charge on any atom is 0.224 e. The van der Waals surface area contributed by atoms with E-state index in [1.54, 1.807) is 6.20 Å². The van der Waals surface area contributed by atoms with Crippen LogP contribution in [0.3, 0.4) is 0 Å². The Balaban J connectivity index is 1.79. The minimum atomic E-state index is -0.427. The summed E-state index contributed by atoms with van der Waals surface area (Å²) in [5.74, 6) is 0.165. The topological polar surface area (TPSA) is 62.5 Å². The van der Waals surface area contributed by atoms with Gasteiger partial charge in [0, 0.05) is 57.1 Å². The first-order chi connectivity index (χ1) is 9.44. The predicted molar refractivity (Wildman–Crippen MR) is 79.0 cm³/mol. The van der Waals surface area contributed by atoms with Crippen molar-refractivity contribution in [3.63, 3.8) is 0 Å². The summed E-state index contributed by atoms with van der Waals surface area (Å²) in [6.07, 6.45) is 4.10. The molecule has 0 radical (unpaired) electrons. The fourth-order valence-corrected chi connectivity index (χ4v) is 2.41. The Morgan fingerprint density at radius 1 is 1.35 bits per heavy atom. The molecule has 5 heteroatoms. The molecule has 0 saturated carbocycles. The van der Waals surface area contributed by atoms with E-state index in [-0.39, 0.29) is 5.91 Å². The van der Waals surface area contributed by atoms with E-state index >= 15 is 0 Å². The molecular formula is C15H24N4O. The molecule has 0 aliphatic carbocycles. The third-order valence-corrected chi connectivity index (χ3v) is 3.46. The van der Waals surface area contributed by atoms with E-state index in [4.69, 9.17) is 5.73 Å². The molecule has 20 heavy (non-hydrogen) atoms. The number of amides is 1. The van der Waals surface area contributed by atoms with Gasteiger partial charge >= 0.3 is 0 Å². The van der Waals surface area contributed by atoms with Crippen molar-refractivity contribution in [1.82, 2.24) is 14.8 Å². The molecule has 0 atom stereocenters. The molecule has 2 N–H and O–H groups in total. The Kier molecular flexibility index (Phi) is 4.73. The van der Waals surface area contributed by atoms with Crippen LogP contribution in [0.5, 0.6) is 0 Å². The van der Waals surface area contributed by atoms with E-state index < -0.39 is 5.54 Å². The van der Waals surface area contributed by atoms with E-state index in [0.29, 0.717) is 6.42 Å². The number of piperazine rings is 1. The normalized spacial score (nSPS) is 17.2. The van der Waals surface area contributed by atoms with Crippen molar-refractivity contribution in [3.8, 4) is 0 Å². The number of nitrogens with two attached hydrogens (primary N) is 1. The number of rotatable bonds is 4. The number of carbonyl (C=O) groups excluding carboxylic acids is 1. The molecule has 2 rings (SSSR count). The van der Waals surface area contributed by atoms with Crippen LogP contribution in [0.1, 0.15) is 25.8 Å². The van der Waals surface area contributed by atoms with Gasteiger partial charge in [-0.15, -0.1) is 0 Å². The van der Waals surface area contributed by atoms with Gasteiger partial charge in [-0.1, -0.05) is 6.07 Å². The molecule has 1 amide bonds. The van der Waals surface area contributed by atoms with Gasteiger partial charge in [0.1, 0.15) is 0 Å². The van der Waals surface area contributed by atoms with Crippen molar-refractivity contribution in [1.29, 1.82) is 0 Å². The van der Waals surface area contributed by atoms with Crippen molar-refractivity contribution >= 4 is 5.91 Å². The molecule has 1 saturated heterocycles. The number of aromatic nitrogens is 1. The van der Waals surface area contributed by atoms with E-state index in [0.717, 1.165) is 32.7 Å². The van der Waals surface area contributed by atoms with Gasteiger partial charge in [0.15, 0.2) is 0 Å². The van der Waals surface area contributed by atoms with Crippen LogP contribution in [0.2, 0.25) is 0 Å². The Hall–Kier alpha value is -1.46. The highest BCUT2D eigenvalue weighted by atomic mass is 16.2. The van der Waals surface area contributed by atoms with Crippen molar-refractivity contribution < 1.29 is 4.79 Å². The number of hydrogen-bond donors (Lipinski definition) is 1. The summed E-state index contributed by atoms with van der Waals surface area (Å²) < 4.78 is 0. The molecule has 1 aliphatic heterocycles. The molecule has 0 unspecified atom stereocenters. The Labute approximate surface area is 120 Å². The average molecular weight is 276 g/mol. The lowest BCUT2D eigenvalue weighted by atomic mass is 10.0. The van der Waals surface area contributed by atoms with Gasteiger partial charge in [-0.3, -0.25) is 14.7 Å². The van der Waals surface area contributed by atoms with Crippen molar-refractivity contribution in [2.45, 2.75) is 32.4 Å². The number of hydrogen-bond acceptors (Lipinski definition) is 4. The van der Waals surface area contributed by atoms with Crippen LogP contribution in [0.25, 0.3) is 0 Å². The Morgan fingerprint density at radius 3 is 2.60 bits per heavy atom. The van der Waals surface area contributed by atoms with Crippen LogP contribution < -0.4 is 5.73 Å². The van der Waals surface area contributed by atoms with E-state index in [9.17, 15) is 4.79 Å². The van der Waals surface area contributed by atoms with Gasteiger partial charge < -0.3 is 10.6 Å². The summed E-state index contributed by atoms with van der Waals surface area (Å²) in [7, 11) is 0. The number of nitrogens with zero attached hydrogens (tertiary/aromatic N) is 3. The second-order valence-corrected chi connectivity index (χ2v) is 6.18. The van der Waals surface area contributed by atoms with Gasteiger partial charge in [0.2, 0.25) is 5.91 Å². The molecule has 5 nitrogen and oxygen atoms in total. The van der Waals surface area contributed by atoms with E-state index in [1.807, 2.05) is 31.0 Å². The second kappa shape index (κ2) is 6.33. The SMILES string of the molecule is CC(C)(N)CC(=O)N1CCN(Cc2cccnc2)CC1. The molecule has 0 bridgehead atoms. The lowest BCUT2D eigenvalue weighted by Gasteiger charge is -2.35. The Bertz CT molecular complexity index is 433. The van der Waals surface area contributed by atoms with Gasteiger partial charge in [-0.2, -0.15) is 0 Å². The fraction of sp³-hybridized carbons (Fsp3) is 0.600. The minimum Gasteiger partial charge on any atom is -0.340 e. The molecule has 2 heterocycles. The first-order valence-corrected chi connectivity index (χ1v) is 7.12. The average Bonchev–Trinajstić information content (AvgIpc) is 2.39. The van der Waals surface area contributed by atoms with Crippen LogP contribution in [0.4, 0.5) is 0 Å². The van der Waals surface area contributed by atoms with Gasteiger partial charge in [0.05, 0.1) is 0 Å². The fourth-order valence-electron chi connectivity index (χ4n) is 2.41. The highest BCUT2D eigenvalue weighted by molar-refractivity contribution is 5.77. The number of pyridine rings is 1. The molecule has 0 spiro atoms. The molecule has 1 fully saturated rings. The van der Waals surface area contributed by atoms with E-state index in [2.05, 4.69) is 16.0 Å². The summed E-state index contributed by atoms with van der Waals surface area (Å²) in [4.78, 5) is 20.5. The largest absolute Gasteiger partial charge is 0.340 e. The third kappa shape index (κ3) is 4.58. The minimum absolute atomic E-state index is 0.165. The summed E-state index contributed by atoms with van der Waals surface area (Å²) in [6, 6.07) is 4.04. The lowest BCUT2D eigenvalue weighted by Crippen LogP contribution is -2.50. The van der Waals surface area contributed by atoms with Crippen LogP contribution in [-0.2, 0) is 11.3 Å². The molecule has 110 valence electrons. The smallest absolute Gasteiger partial charge is 0.224 e. The summed E-state index contributed by atoms with van der Waals surface area (Å²) in [6.45, 7) is 8.08. The van der Waals surface area contributed by atoms with E-state index in [1.165, 1.54) is 5.56 Å². The Morgan fingerprint density at radius 2 is 2.05 bits per heavy atom. The lowest BCUT2D eigenvalue weighted by molar-refractivity contribution is -0.134. The second-order valence-electron chi connectivity index (χ2n) is 6.18. The van der Waals surface area contributed by atoms with Gasteiger partial charge in [0.25, 0.3) is 0 Å². The third-order valence-electron chi connectivity index (χ3n) is 3.46. The summed E-state index contributed by atoms with van der Waals surface area (Å²) >= 11 is 0. The quantitative estimate of drug-likeness (QED) is 0.886. The van der Waals surface area contributed by atoms with Crippen LogP contribution in [-0.4, -0.2) is 52.4 Å². The van der Waals surface area contributed by atoms with Crippen molar-refractivity contribution in [2.75, 3.05) is 26.2 Å². The maximum absolute atomic E-state index is 12.1. The first-order valence-electron chi connectivity index (χ1n) is 7.12. The van der Waals surface area contributed by atoms with Crippen molar-refractivity contribution in [2.24, 2.45) is 5.73 Å². The molecular weight excluding hydrogens is 252 g/mol. The zero-order valence-corrected chi connectivity index (χ0v) is 12.4. The molecule has 1 aliphatic rings. The highest BCUT2D eigenvalue weighted by Gasteiger charge is 2.24. The molecule has 0 aromatic carbocycles. The monoisotopic (exact) mass is 276 g/mol. The molecule has 1 aromatic heterocycles. The standard InChI is InChI=1S/C15H24N4O/c1-15(2,16)10-14(20)19-8-6-18(7-9-19)12-13-4-3-5-17-11-13/h3-5,11H,6-10,12,16H2,1-2H3. The van der Waals surface area contributed by atoms with Crippen molar-refractivity contribution in [3.05, 3.63) is 30.1 Å². The number of carbonyl (C=O) groups is 1. The van der Waals surface area contributed by atoms with Crippen LogP contribution >= 0.6 is 0 Å². The molecule has 1 aromatic rings. The van der Waals surface area contributed by atoms with Crippen LogP contribution in [0, 0.1) is 0 Å². The first kappa shape index (κ1) is 14.9. The summed E-state index contributed by atoms with van der Waals surface area (Å²) in [5.41, 5.74) is 6.70. The van der Waals surface area contributed by atoms with Crippen LogP contribution in [0.15, 0.2) is 24.5 Å². The zero-order valence-electron chi connectivity index (χ0n) is 12.4. The highest BCUT2D eigenvalue weighted by Crippen LogP contribution is 2.11. The van der Waals surface area contributed by atoms with Gasteiger partial charge in [-0.25, -0.2) is 0 Å². The van der Waals surface area contributed by atoms with Gasteiger partial charge in [-0.05, 0) is 25.5 Å². The summed E-state index contributed by atoms with van der Waals surface area (Å²) in [5, 5.41) is 0. The maximum atomic E-state index is 12.1. The zero-order chi connectivity index (χ0) is 14.6. The predicted octanol–water partition coefficient (Wildman–Crippen LogP) is 0.853.